The van der Waals surface area contributed by atoms with Crippen LogP contribution in [0.4, 0.5) is 0 Å². The van der Waals surface area contributed by atoms with Crippen LogP contribution in [0.15, 0.2) is 18.3 Å². The van der Waals surface area contributed by atoms with E-state index in [-0.39, 0.29) is 5.41 Å². The molecule has 0 radical (unpaired) electrons. The Bertz CT molecular complexity index is 535. The summed E-state index contributed by atoms with van der Waals surface area (Å²) in [4.78, 5) is 10.2. The Kier molecular flexibility index (Phi) is 3.04. The van der Waals surface area contributed by atoms with E-state index < -0.39 is 0 Å². The summed E-state index contributed by atoms with van der Waals surface area (Å²) in [5.74, 6) is 0. The first-order valence-corrected chi connectivity index (χ1v) is 6.60. The summed E-state index contributed by atoms with van der Waals surface area (Å²) < 4.78 is 0. The molecule has 0 saturated carbocycles. The second kappa shape index (κ2) is 4.22. The van der Waals surface area contributed by atoms with Crippen molar-refractivity contribution in [3.05, 3.63) is 34.7 Å². The van der Waals surface area contributed by atoms with Crippen LogP contribution in [0.2, 0.25) is 0 Å². The maximum Gasteiger partial charge on any atom is 0.0903 e. The van der Waals surface area contributed by atoms with Gasteiger partial charge in [0, 0.05) is 17.3 Å². The zero-order valence-electron chi connectivity index (χ0n) is 11.0. The summed E-state index contributed by atoms with van der Waals surface area (Å²) in [5, 5.41) is 1.12. The van der Waals surface area contributed by atoms with E-state index in [2.05, 4.69) is 49.8 Å². The minimum Gasteiger partial charge on any atom is -0.261 e. The molecular formula is C14H18N2S. The second-order valence-electron chi connectivity index (χ2n) is 5.33. The zero-order chi connectivity index (χ0) is 12.6. The SMILES string of the molecule is Cc1nc(C)c(-c2ccnc(C(C)(C)C)c2)s1. The summed E-state index contributed by atoms with van der Waals surface area (Å²) in [6, 6.07) is 4.25. The summed E-state index contributed by atoms with van der Waals surface area (Å²) in [6.07, 6.45) is 1.89. The lowest BCUT2D eigenvalue weighted by atomic mass is 9.90. The zero-order valence-corrected chi connectivity index (χ0v) is 11.9. The van der Waals surface area contributed by atoms with Gasteiger partial charge in [0.2, 0.25) is 0 Å². The molecule has 0 N–H and O–H groups in total. The Morgan fingerprint density at radius 2 is 1.88 bits per heavy atom. The van der Waals surface area contributed by atoms with E-state index in [1.54, 1.807) is 11.3 Å². The summed E-state index contributed by atoms with van der Waals surface area (Å²) in [6.45, 7) is 10.7. The van der Waals surface area contributed by atoms with Crippen molar-refractivity contribution < 1.29 is 0 Å². The van der Waals surface area contributed by atoms with Gasteiger partial charge in [-0.3, -0.25) is 4.98 Å². The molecule has 0 spiro atoms. The predicted molar refractivity (Wildman–Crippen MR) is 73.5 cm³/mol. The normalized spacial score (nSPS) is 11.8. The number of hydrogen-bond donors (Lipinski definition) is 0. The Labute approximate surface area is 107 Å². The molecule has 0 bridgehead atoms. The first-order chi connectivity index (χ1) is 7.88. The molecule has 2 aromatic heterocycles. The van der Waals surface area contributed by atoms with Crippen LogP contribution in [0.3, 0.4) is 0 Å². The highest BCUT2D eigenvalue weighted by molar-refractivity contribution is 7.15. The lowest BCUT2D eigenvalue weighted by Gasteiger charge is -2.18. The molecule has 2 heterocycles. The minimum atomic E-state index is 0.0870. The molecule has 2 nitrogen and oxygen atoms in total. The van der Waals surface area contributed by atoms with Gasteiger partial charge in [-0.05, 0) is 31.5 Å². The van der Waals surface area contributed by atoms with E-state index in [9.17, 15) is 0 Å². The predicted octanol–water partition coefficient (Wildman–Crippen LogP) is 4.12. The molecule has 0 saturated heterocycles. The highest BCUT2D eigenvalue weighted by Crippen LogP contribution is 2.31. The van der Waals surface area contributed by atoms with Crippen LogP contribution in [0.25, 0.3) is 10.4 Å². The van der Waals surface area contributed by atoms with Crippen LogP contribution < -0.4 is 0 Å². The second-order valence-corrected chi connectivity index (χ2v) is 6.53. The molecule has 0 fully saturated rings. The Morgan fingerprint density at radius 3 is 2.41 bits per heavy atom. The highest BCUT2D eigenvalue weighted by atomic mass is 32.1. The van der Waals surface area contributed by atoms with Gasteiger partial charge >= 0.3 is 0 Å². The van der Waals surface area contributed by atoms with Gasteiger partial charge in [-0.15, -0.1) is 11.3 Å². The molecule has 0 unspecified atom stereocenters. The Balaban J connectivity index is 2.50. The van der Waals surface area contributed by atoms with Gasteiger partial charge < -0.3 is 0 Å². The van der Waals surface area contributed by atoms with Crippen molar-refractivity contribution in [3.8, 4) is 10.4 Å². The molecule has 0 aliphatic carbocycles. The fourth-order valence-electron chi connectivity index (χ4n) is 1.78. The summed E-state index contributed by atoms with van der Waals surface area (Å²) in [7, 11) is 0. The maximum absolute atomic E-state index is 4.48. The smallest absolute Gasteiger partial charge is 0.0903 e. The van der Waals surface area contributed by atoms with Crippen molar-refractivity contribution in [2.24, 2.45) is 0 Å². The van der Waals surface area contributed by atoms with Crippen LogP contribution in [0.1, 0.15) is 37.2 Å². The number of thiazole rings is 1. The fraction of sp³-hybridized carbons (Fsp3) is 0.429. The summed E-state index contributed by atoms with van der Waals surface area (Å²) >= 11 is 1.75. The van der Waals surface area contributed by atoms with Crippen LogP contribution >= 0.6 is 11.3 Å². The van der Waals surface area contributed by atoms with Gasteiger partial charge in [-0.25, -0.2) is 4.98 Å². The van der Waals surface area contributed by atoms with E-state index in [1.807, 2.05) is 13.1 Å². The van der Waals surface area contributed by atoms with Crippen LogP contribution in [0, 0.1) is 13.8 Å². The van der Waals surface area contributed by atoms with Crippen molar-refractivity contribution in [2.75, 3.05) is 0 Å². The Morgan fingerprint density at radius 1 is 1.18 bits per heavy atom. The average molecular weight is 246 g/mol. The molecule has 2 aromatic rings. The number of nitrogens with zero attached hydrogens (tertiary/aromatic N) is 2. The van der Waals surface area contributed by atoms with E-state index in [0.29, 0.717) is 0 Å². The van der Waals surface area contributed by atoms with Gasteiger partial charge in [0.15, 0.2) is 0 Å². The Hall–Kier alpha value is -1.22. The van der Waals surface area contributed by atoms with Crippen molar-refractivity contribution >= 4 is 11.3 Å². The highest BCUT2D eigenvalue weighted by Gasteiger charge is 2.17. The molecule has 0 amide bonds. The molecule has 17 heavy (non-hydrogen) atoms. The van der Waals surface area contributed by atoms with Crippen LogP contribution in [0.5, 0.6) is 0 Å². The standard InChI is InChI=1S/C14H18N2S/c1-9-13(17-10(2)16-9)11-6-7-15-12(8-11)14(3,4)5/h6-8H,1-5H3. The summed E-state index contributed by atoms with van der Waals surface area (Å²) in [5.41, 5.74) is 3.55. The van der Waals surface area contributed by atoms with Crippen molar-refractivity contribution in [3.63, 3.8) is 0 Å². The van der Waals surface area contributed by atoms with Gasteiger partial charge in [-0.2, -0.15) is 0 Å². The maximum atomic E-state index is 4.48. The first-order valence-electron chi connectivity index (χ1n) is 5.79. The third kappa shape index (κ3) is 2.55. The minimum absolute atomic E-state index is 0.0870. The third-order valence-corrected chi connectivity index (χ3v) is 3.82. The van der Waals surface area contributed by atoms with E-state index in [0.717, 1.165) is 16.4 Å². The van der Waals surface area contributed by atoms with Crippen molar-refractivity contribution in [1.82, 2.24) is 9.97 Å². The fourth-order valence-corrected chi connectivity index (χ4v) is 2.70. The molecule has 0 atom stereocenters. The number of pyridine rings is 1. The lowest BCUT2D eigenvalue weighted by Crippen LogP contribution is -2.13. The average Bonchev–Trinajstić information content (AvgIpc) is 2.57. The number of aromatic nitrogens is 2. The number of rotatable bonds is 1. The molecule has 0 aliphatic heterocycles. The van der Waals surface area contributed by atoms with Gasteiger partial charge in [-0.1, -0.05) is 20.8 Å². The topological polar surface area (TPSA) is 25.8 Å². The molecular weight excluding hydrogens is 228 g/mol. The molecule has 3 heteroatoms. The van der Waals surface area contributed by atoms with E-state index in [1.165, 1.54) is 10.4 Å². The molecule has 90 valence electrons. The van der Waals surface area contributed by atoms with Crippen molar-refractivity contribution in [2.45, 2.75) is 40.0 Å². The van der Waals surface area contributed by atoms with Gasteiger partial charge in [0.1, 0.15) is 0 Å². The number of aryl methyl sites for hydroxylation is 2. The third-order valence-electron chi connectivity index (χ3n) is 2.69. The van der Waals surface area contributed by atoms with E-state index >= 15 is 0 Å². The van der Waals surface area contributed by atoms with Crippen molar-refractivity contribution in [1.29, 1.82) is 0 Å². The molecule has 0 aromatic carbocycles. The molecule has 0 aliphatic rings. The van der Waals surface area contributed by atoms with Gasteiger partial charge in [0.05, 0.1) is 15.6 Å². The van der Waals surface area contributed by atoms with E-state index in [4.69, 9.17) is 0 Å². The van der Waals surface area contributed by atoms with Crippen LogP contribution in [-0.4, -0.2) is 9.97 Å². The quantitative estimate of drug-likeness (QED) is 0.756. The monoisotopic (exact) mass is 246 g/mol. The lowest BCUT2D eigenvalue weighted by molar-refractivity contribution is 0.569. The first kappa shape index (κ1) is 12.2. The van der Waals surface area contributed by atoms with Gasteiger partial charge in [0.25, 0.3) is 0 Å². The largest absolute Gasteiger partial charge is 0.261 e. The van der Waals surface area contributed by atoms with Crippen LogP contribution in [-0.2, 0) is 5.41 Å². The number of hydrogen-bond acceptors (Lipinski definition) is 3. The molecule has 2 rings (SSSR count).